The maximum absolute atomic E-state index is 15.6. The van der Waals surface area contributed by atoms with E-state index < -0.39 is 17.0 Å². The molecule has 3 aromatic rings. The number of anilines is 1. The summed E-state index contributed by atoms with van der Waals surface area (Å²) in [5.41, 5.74) is 1.96. The van der Waals surface area contributed by atoms with E-state index in [4.69, 9.17) is 21.1 Å². The summed E-state index contributed by atoms with van der Waals surface area (Å²) in [6.07, 6.45) is 4.92. The van der Waals surface area contributed by atoms with Gasteiger partial charge in [-0.1, -0.05) is 29.0 Å². The highest BCUT2D eigenvalue weighted by molar-refractivity contribution is 7.14. The highest BCUT2D eigenvalue weighted by Crippen LogP contribution is 2.42. The second-order valence-electron chi connectivity index (χ2n) is 9.92. The smallest absolute Gasteiger partial charge is 0.304 e. The van der Waals surface area contributed by atoms with Crippen molar-refractivity contribution in [1.82, 2.24) is 9.97 Å². The summed E-state index contributed by atoms with van der Waals surface area (Å²) in [5.74, 6) is -1.39. The Bertz CT molecular complexity index is 1340. The zero-order valence-electron chi connectivity index (χ0n) is 21.4. The number of amides is 1. The molecule has 206 valence electrons. The maximum atomic E-state index is 15.6. The summed E-state index contributed by atoms with van der Waals surface area (Å²) in [6.45, 7) is 1.22. The van der Waals surface area contributed by atoms with E-state index in [2.05, 4.69) is 9.97 Å². The number of nitrogens with zero attached hydrogens (tertiary/aromatic N) is 3. The highest BCUT2D eigenvalue weighted by atomic mass is 35.5. The van der Waals surface area contributed by atoms with Gasteiger partial charge in [-0.3, -0.25) is 14.5 Å². The fraction of sp³-hybridized carbons (Fsp3) is 0.429. The van der Waals surface area contributed by atoms with E-state index in [0.29, 0.717) is 41.7 Å². The van der Waals surface area contributed by atoms with Crippen molar-refractivity contribution < 1.29 is 28.6 Å². The Balaban J connectivity index is 1.48. The molecular formula is C28H29ClFN3O5S. The average molecular weight is 574 g/mol. The minimum atomic E-state index is -1.03. The topological polar surface area (TPSA) is 102 Å². The van der Waals surface area contributed by atoms with Gasteiger partial charge in [-0.25, -0.2) is 9.97 Å². The van der Waals surface area contributed by atoms with Gasteiger partial charge < -0.3 is 14.6 Å². The molecule has 1 aliphatic carbocycles. The van der Waals surface area contributed by atoms with Crippen molar-refractivity contribution in [3.63, 3.8) is 0 Å². The molecule has 11 heteroatoms. The van der Waals surface area contributed by atoms with E-state index in [1.807, 2.05) is 6.07 Å². The SMILES string of the molecule is COc1ccc(-c2ccc(Cl)cc2-c2nc(N(C(=O)C(CC(=O)O)CC3CCOCC3)C3CC3)sc2F)cn1. The summed E-state index contributed by atoms with van der Waals surface area (Å²) in [7, 11) is 1.53. The number of carboxylic acid groups (broad SMARTS) is 1. The molecule has 5 rings (SSSR count). The maximum Gasteiger partial charge on any atom is 0.304 e. The fourth-order valence-electron chi connectivity index (χ4n) is 5.01. The molecule has 1 N–H and O–H groups in total. The summed E-state index contributed by atoms with van der Waals surface area (Å²) in [5, 5.41) is 9.67. The lowest BCUT2D eigenvalue weighted by molar-refractivity contribution is -0.141. The van der Waals surface area contributed by atoms with Crippen molar-refractivity contribution in [2.75, 3.05) is 25.2 Å². The molecule has 39 heavy (non-hydrogen) atoms. The number of halogens is 2. The minimum absolute atomic E-state index is 0.0842. The number of carboxylic acids is 1. The second-order valence-corrected chi connectivity index (χ2v) is 11.3. The fourth-order valence-corrected chi connectivity index (χ4v) is 6.07. The van der Waals surface area contributed by atoms with Crippen LogP contribution in [0.15, 0.2) is 36.5 Å². The van der Waals surface area contributed by atoms with Crippen molar-refractivity contribution >= 4 is 39.9 Å². The van der Waals surface area contributed by atoms with Gasteiger partial charge in [0.15, 0.2) is 5.13 Å². The number of aliphatic carboxylic acids is 1. The lowest BCUT2D eigenvalue weighted by Crippen LogP contribution is -2.40. The first-order chi connectivity index (χ1) is 18.8. The number of pyridine rings is 1. The summed E-state index contributed by atoms with van der Waals surface area (Å²) < 4.78 is 26.1. The first-order valence-electron chi connectivity index (χ1n) is 12.9. The molecule has 3 heterocycles. The van der Waals surface area contributed by atoms with E-state index in [0.717, 1.165) is 42.6 Å². The van der Waals surface area contributed by atoms with Gasteiger partial charge in [-0.2, -0.15) is 4.39 Å². The first-order valence-corrected chi connectivity index (χ1v) is 14.1. The molecule has 2 aromatic heterocycles. The van der Waals surface area contributed by atoms with Crippen LogP contribution in [-0.4, -0.2) is 53.3 Å². The molecule has 0 spiro atoms. The number of methoxy groups -OCH3 is 1. The van der Waals surface area contributed by atoms with E-state index in [-0.39, 0.29) is 35.1 Å². The second kappa shape index (κ2) is 12.0. The number of carbonyl (C=O) groups excluding carboxylic acids is 1. The van der Waals surface area contributed by atoms with Crippen LogP contribution in [0.4, 0.5) is 9.52 Å². The third-order valence-electron chi connectivity index (χ3n) is 7.15. The van der Waals surface area contributed by atoms with E-state index in [9.17, 15) is 14.7 Å². The Morgan fingerprint density at radius 2 is 1.97 bits per heavy atom. The predicted octanol–water partition coefficient (Wildman–Crippen LogP) is 6.08. The number of rotatable bonds is 10. The van der Waals surface area contributed by atoms with Gasteiger partial charge in [0, 0.05) is 53.6 Å². The predicted molar refractivity (Wildman–Crippen MR) is 147 cm³/mol. The van der Waals surface area contributed by atoms with Crippen molar-refractivity contribution in [2.24, 2.45) is 11.8 Å². The molecule has 1 aliphatic heterocycles. The molecule has 1 unspecified atom stereocenters. The van der Waals surface area contributed by atoms with Crippen LogP contribution in [-0.2, 0) is 14.3 Å². The van der Waals surface area contributed by atoms with Gasteiger partial charge >= 0.3 is 5.97 Å². The van der Waals surface area contributed by atoms with Crippen LogP contribution in [0.5, 0.6) is 5.88 Å². The monoisotopic (exact) mass is 573 g/mol. The van der Waals surface area contributed by atoms with Crippen molar-refractivity contribution in [1.29, 1.82) is 0 Å². The summed E-state index contributed by atoms with van der Waals surface area (Å²) in [4.78, 5) is 35.9. The molecular weight excluding hydrogens is 545 g/mol. The van der Waals surface area contributed by atoms with Gasteiger partial charge in [0.1, 0.15) is 5.69 Å². The Labute approximate surface area is 234 Å². The summed E-state index contributed by atoms with van der Waals surface area (Å²) >= 11 is 7.10. The number of hydrogen-bond acceptors (Lipinski definition) is 7. The zero-order valence-corrected chi connectivity index (χ0v) is 23.0. The lowest BCUT2D eigenvalue weighted by atomic mass is 9.86. The van der Waals surface area contributed by atoms with Gasteiger partial charge in [0.05, 0.1) is 13.5 Å². The number of ether oxygens (including phenoxy) is 2. The zero-order chi connectivity index (χ0) is 27.5. The number of aromatic nitrogens is 2. The Hall–Kier alpha value is -3.08. The molecule has 8 nitrogen and oxygen atoms in total. The molecule has 1 saturated carbocycles. The number of hydrogen-bond donors (Lipinski definition) is 1. The van der Waals surface area contributed by atoms with Gasteiger partial charge in [-0.15, -0.1) is 0 Å². The van der Waals surface area contributed by atoms with Gasteiger partial charge in [0.2, 0.25) is 16.9 Å². The van der Waals surface area contributed by atoms with E-state index in [1.54, 1.807) is 30.5 Å². The van der Waals surface area contributed by atoms with Crippen molar-refractivity contribution in [3.05, 3.63) is 46.7 Å². The Kier molecular flexibility index (Phi) is 8.44. The van der Waals surface area contributed by atoms with Crippen LogP contribution in [0.2, 0.25) is 5.02 Å². The van der Waals surface area contributed by atoms with Crippen LogP contribution in [0.1, 0.15) is 38.5 Å². The molecule has 1 amide bonds. The third-order valence-corrected chi connectivity index (χ3v) is 8.23. The quantitative estimate of drug-likeness (QED) is 0.314. The molecule has 0 bridgehead atoms. The van der Waals surface area contributed by atoms with Crippen molar-refractivity contribution in [2.45, 2.75) is 44.6 Å². The molecule has 1 aromatic carbocycles. The molecule has 1 saturated heterocycles. The molecule has 2 aliphatic rings. The van der Waals surface area contributed by atoms with Crippen LogP contribution in [0.3, 0.4) is 0 Å². The number of thiazole rings is 1. The first kappa shape index (κ1) is 27.5. The van der Waals surface area contributed by atoms with Crippen LogP contribution < -0.4 is 9.64 Å². The normalized spacial score (nSPS) is 16.6. The van der Waals surface area contributed by atoms with Crippen LogP contribution in [0.25, 0.3) is 22.4 Å². The number of benzene rings is 1. The van der Waals surface area contributed by atoms with E-state index in [1.165, 1.54) is 12.0 Å². The summed E-state index contributed by atoms with van der Waals surface area (Å²) in [6, 6.07) is 8.54. The minimum Gasteiger partial charge on any atom is -0.481 e. The average Bonchev–Trinajstić information content (AvgIpc) is 3.69. The van der Waals surface area contributed by atoms with Crippen LogP contribution in [0, 0.1) is 17.0 Å². The largest absolute Gasteiger partial charge is 0.481 e. The third kappa shape index (κ3) is 6.40. The van der Waals surface area contributed by atoms with Gasteiger partial charge in [-0.05, 0) is 61.8 Å². The van der Waals surface area contributed by atoms with Gasteiger partial charge in [0.25, 0.3) is 0 Å². The standard InChI is InChI=1S/C28H29ClFN3O5S/c1-37-23-7-2-17(15-31-23)21-6-3-19(29)14-22(21)25-26(30)39-28(32-25)33(20-4-5-20)27(36)18(13-24(34)35)12-16-8-10-38-11-9-16/h2-3,6-7,14-16,18,20H,4-5,8-13H2,1H3,(H,34,35). The highest BCUT2D eigenvalue weighted by Gasteiger charge is 2.40. The Morgan fingerprint density at radius 1 is 1.21 bits per heavy atom. The molecule has 1 atom stereocenters. The molecule has 0 radical (unpaired) electrons. The van der Waals surface area contributed by atoms with E-state index >= 15 is 4.39 Å². The van der Waals surface area contributed by atoms with Crippen LogP contribution >= 0.6 is 22.9 Å². The Morgan fingerprint density at radius 3 is 2.62 bits per heavy atom. The molecule has 2 fully saturated rings. The lowest BCUT2D eigenvalue weighted by Gasteiger charge is -2.29. The number of carbonyl (C=O) groups is 2. The van der Waals surface area contributed by atoms with Crippen molar-refractivity contribution in [3.8, 4) is 28.3 Å².